The first-order valence-corrected chi connectivity index (χ1v) is 13.2. The van der Waals surface area contributed by atoms with Gasteiger partial charge < -0.3 is 19.0 Å². The van der Waals surface area contributed by atoms with Gasteiger partial charge in [0.15, 0.2) is 6.10 Å². The predicted molar refractivity (Wildman–Crippen MR) is 148 cm³/mol. The van der Waals surface area contributed by atoms with E-state index >= 15 is 0 Å². The molecule has 0 N–H and O–H groups in total. The number of hydrogen-bond donors (Lipinski definition) is 0. The molecule has 1 aromatic heterocycles. The summed E-state index contributed by atoms with van der Waals surface area (Å²) in [6, 6.07) is 22.6. The molecule has 0 amide bonds. The maximum atomic E-state index is 12.8. The average Bonchev–Trinajstić information content (AvgIpc) is 3.25. The number of oxime groups is 1. The summed E-state index contributed by atoms with van der Waals surface area (Å²) in [5.74, 6) is 0.817. The number of benzene rings is 3. The third kappa shape index (κ3) is 6.41. The van der Waals surface area contributed by atoms with E-state index in [-0.39, 0.29) is 10.8 Å². The molecule has 4 rings (SSSR count). The van der Waals surface area contributed by atoms with Crippen LogP contribution in [0.4, 0.5) is 0 Å². The van der Waals surface area contributed by atoms with E-state index in [1.807, 2.05) is 55.5 Å². The van der Waals surface area contributed by atoms with E-state index in [9.17, 15) is 9.59 Å². The van der Waals surface area contributed by atoms with Gasteiger partial charge in [0, 0.05) is 11.1 Å². The van der Waals surface area contributed by atoms with E-state index in [0.717, 1.165) is 21.3 Å². The highest BCUT2D eigenvalue weighted by Gasteiger charge is 2.19. The number of ether oxygens (including phenoxy) is 3. The number of fused-ring (bicyclic) bond motifs is 1. The van der Waals surface area contributed by atoms with Gasteiger partial charge in [-0.15, -0.1) is 0 Å². The van der Waals surface area contributed by atoms with Gasteiger partial charge in [-0.2, -0.15) is 0 Å². The van der Waals surface area contributed by atoms with Crippen LogP contribution in [0.1, 0.15) is 31.4 Å². The van der Waals surface area contributed by atoms with Gasteiger partial charge in [0.2, 0.25) is 0 Å². The summed E-state index contributed by atoms with van der Waals surface area (Å²) in [6.07, 6.45) is -0.139. The molecule has 4 aromatic rings. The Morgan fingerprint density at radius 1 is 0.974 bits per heavy atom. The van der Waals surface area contributed by atoms with Crippen LogP contribution in [-0.2, 0) is 20.9 Å². The minimum atomic E-state index is -0.648. The molecule has 0 saturated carbocycles. The monoisotopic (exact) mass is 534 g/mol. The van der Waals surface area contributed by atoms with Crippen molar-refractivity contribution in [3.8, 4) is 11.5 Å². The lowest BCUT2D eigenvalue weighted by molar-refractivity contribution is -0.151. The summed E-state index contributed by atoms with van der Waals surface area (Å²) >= 11 is 1.19. The van der Waals surface area contributed by atoms with Crippen LogP contribution in [0.2, 0.25) is 0 Å². The second kappa shape index (κ2) is 12.9. The molecule has 0 saturated heterocycles. The van der Waals surface area contributed by atoms with Gasteiger partial charge in [-0.1, -0.05) is 59.8 Å². The predicted octanol–water partition coefficient (Wildman–Crippen LogP) is 5.26. The number of thiazole rings is 1. The second-order valence-electron chi connectivity index (χ2n) is 8.28. The Bertz CT molecular complexity index is 1440. The van der Waals surface area contributed by atoms with Gasteiger partial charge in [-0.25, -0.2) is 4.79 Å². The number of nitrogens with zero attached hydrogens (tertiary/aromatic N) is 2. The number of esters is 1. The highest BCUT2D eigenvalue weighted by Crippen LogP contribution is 2.23. The summed E-state index contributed by atoms with van der Waals surface area (Å²) in [6.45, 7) is 4.65. The molecule has 1 unspecified atom stereocenters. The summed E-state index contributed by atoms with van der Waals surface area (Å²) in [5, 5.41) is 4.21. The van der Waals surface area contributed by atoms with Crippen molar-refractivity contribution in [3.63, 3.8) is 0 Å². The third-order valence-corrected chi connectivity index (χ3v) is 6.72. The molecule has 0 bridgehead atoms. The zero-order chi connectivity index (χ0) is 26.9. The zero-order valence-corrected chi connectivity index (χ0v) is 22.4. The van der Waals surface area contributed by atoms with Crippen LogP contribution >= 0.6 is 11.3 Å². The molecule has 38 heavy (non-hydrogen) atoms. The largest absolute Gasteiger partial charge is 0.492 e. The first kappa shape index (κ1) is 26.9. The molecule has 0 radical (unpaired) electrons. The molecule has 0 fully saturated rings. The number of hydrogen-bond acceptors (Lipinski definition) is 8. The topological polar surface area (TPSA) is 88.4 Å². The van der Waals surface area contributed by atoms with Crippen LogP contribution < -0.4 is 14.3 Å². The summed E-state index contributed by atoms with van der Waals surface area (Å²) in [5.41, 5.74) is 3.33. The Balaban J connectivity index is 1.42. The van der Waals surface area contributed by atoms with Crippen LogP contribution in [0.15, 0.2) is 82.7 Å². The van der Waals surface area contributed by atoms with E-state index in [0.29, 0.717) is 43.4 Å². The lowest BCUT2D eigenvalue weighted by Crippen LogP contribution is -2.28. The van der Waals surface area contributed by atoms with Crippen molar-refractivity contribution in [2.24, 2.45) is 5.16 Å². The molecule has 3 aromatic carbocycles. The van der Waals surface area contributed by atoms with Crippen molar-refractivity contribution in [1.29, 1.82) is 0 Å². The molecule has 0 spiro atoms. The highest BCUT2D eigenvalue weighted by atomic mass is 32.1. The Morgan fingerprint density at radius 2 is 1.71 bits per heavy atom. The molecule has 1 heterocycles. The number of rotatable bonds is 12. The maximum Gasteiger partial charge on any atom is 0.347 e. The lowest BCUT2D eigenvalue weighted by atomic mass is 10.0. The average molecular weight is 535 g/mol. The normalized spacial score (nSPS) is 12.2. The van der Waals surface area contributed by atoms with Crippen molar-refractivity contribution in [3.05, 3.63) is 93.6 Å². The second-order valence-corrected chi connectivity index (χ2v) is 9.27. The number of carbonyl (C=O) groups excluding carboxylic acids is 1. The minimum Gasteiger partial charge on any atom is -0.492 e. The van der Waals surface area contributed by atoms with Crippen molar-refractivity contribution >= 4 is 33.2 Å². The molecule has 8 nitrogen and oxygen atoms in total. The first-order valence-electron chi connectivity index (χ1n) is 12.4. The standard InChI is InChI=1S/C29H30N2O6S/c1-4-25(28(32)35-5-2)37-23-14-12-22(13-15-23)36-18-17-31-24-16-11-21(19-26(24)38-29(31)33)27(30-34-3)20-9-7-6-8-10-20/h6-16,19,25H,4-5,17-18H2,1-3H3. The Morgan fingerprint density at radius 3 is 2.39 bits per heavy atom. The first-order chi connectivity index (χ1) is 18.5. The fourth-order valence-corrected chi connectivity index (χ4v) is 4.91. The fourth-order valence-electron chi connectivity index (χ4n) is 3.95. The summed E-state index contributed by atoms with van der Waals surface area (Å²) < 4.78 is 19.2. The molecule has 0 aliphatic carbocycles. The summed E-state index contributed by atoms with van der Waals surface area (Å²) in [7, 11) is 1.52. The molecule has 9 heteroatoms. The van der Waals surface area contributed by atoms with Crippen LogP contribution in [-0.4, -0.2) is 42.7 Å². The molecular formula is C29H30N2O6S. The van der Waals surface area contributed by atoms with E-state index in [1.165, 1.54) is 18.4 Å². The van der Waals surface area contributed by atoms with Gasteiger partial charge >= 0.3 is 10.8 Å². The Labute approximate surface area is 225 Å². The smallest absolute Gasteiger partial charge is 0.347 e. The summed E-state index contributed by atoms with van der Waals surface area (Å²) in [4.78, 5) is 29.7. The van der Waals surface area contributed by atoms with Gasteiger partial charge in [-0.05, 0) is 49.7 Å². The molecule has 198 valence electrons. The van der Waals surface area contributed by atoms with E-state index < -0.39 is 6.10 Å². The molecule has 1 atom stereocenters. The Kier molecular flexibility index (Phi) is 9.16. The van der Waals surface area contributed by atoms with Crippen LogP contribution in [0, 0.1) is 0 Å². The Hall–Kier alpha value is -4.11. The van der Waals surface area contributed by atoms with Crippen molar-refractivity contribution in [1.82, 2.24) is 4.57 Å². The SMILES string of the molecule is CCOC(=O)C(CC)Oc1ccc(OCCn2c(=O)sc3cc(C(=NOC)c4ccccc4)ccc32)cc1. The molecule has 0 aliphatic heterocycles. The quantitative estimate of drug-likeness (QED) is 0.140. The van der Waals surface area contributed by atoms with Gasteiger partial charge in [0.05, 0.1) is 23.4 Å². The van der Waals surface area contributed by atoms with Crippen LogP contribution in [0.25, 0.3) is 10.2 Å². The van der Waals surface area contributed by atoms with Gasteiger partial charge in [0.25, 0.3) is 0 Å². The van der Waals surface area contributed by atoms with Crippen molar-refractivity contribution in [2.45, 2.75) is 32.9 Å². The number of carbonyl (C=O) groups is 1. The fraction of sp³-hybridized carbons (Fsp3) is 0.276. The van der Waals surface area contributed by atoms with Gasteiger partial charge in [0.1, 0.15) is 30.9 Å². The molecular weight excluding hydrogens is 504 g/mol. The van der Waals surface area contributed by atoms with Crippen LogP contribution in [0.3, 0.4) is 0 Å². The minimum absolute atomic E-state index is 0.0565. The van der Waals surface area contributed by atoms with E-state index in [4.69, 9.17) is 19.0 Å². The lowest BCUT2D eigenvalue weighted by Gasteiger charge is -2.16. The third-order valence-electron chi connectivity index (χ3n) is 5.78. The zero-order valence-electron chi connectivity index (χ0n) is 21.6. The number of aromatic nitrogens is 1. The van der Waals surface area contributed by atoms with Crippen LogP contribution in [0.5, 0.6) is 11.5 Å². The van der Waals surface area contributed by atoms with Crippen molar-refractivity contribution < 1.29 is 23.8 Å². The maximum absolute atomic E-state index is 12.8. The highest BCUT2D eigenvalue weighted by molar-refractivity contribution is 7.16. The van der Waals surface area contributed by atoms with Crippen molar-refractivity contribution in [2.75, 3.05) is 20.3 Å². The van der Waals surface area contributed by atoms with Gasteiger partial charge in [-0.3, -0.25) is 9.36 Å². The molecule has 0 aliphatic rings. The van der Waals surface area contributed by atoms with E-state index in [1.54, 1.807) is 35.8 Å². The van der Waals surface area contributed by atoms with E-state index in [2.05, 4.69) is 5.16 Å².